The maximum Gasteiger partial charge on any atom is 0.256 e. The lowest BCUT2D eigenvalue weighted by molar-refractivity contribution is 0.0947. The van der Waals surface area contributed by atoms with Crippen molar-refractivity contribution in [3.63, 3.8) is 0 Å². The lowest BCUT2D eigenvalue weighted by Crippen LogP contribution is -2.24. The van der Waals surface area contributed by atoms with Crippen LogP contribution in [0.5, 0.6) is 0 Å². The zero-order valence-electron chi connectivity index (χ0n) is 11.5. The quantitative estimate of drug-likeness (QED) is 0.946. The van der Waals surface area contributed by atoms with Crippen LogP contribution < -0.4 is 5.32 Å². The standard InChI is InChI=1S/C14H15ClFN3O/c1-8-10(9(2)19(3)18-8)7-17-14(20)13-11(15)5-4-6-12(13)16/h4-6H,7H2,1-3H3,(H,17,20). The first-order chi connectivity index (χ1) is 9.41. The second-order valence-corrected chi connectivity index (χ2v) is 4.96. The van der Waals surface area contributed by atoms with E-state index in [-0.39, 0.29) is 17.1 Å². The highest BCUT2D eigenvalue weighted by Crippen LogP contribution is 2.19. The first kappa shape index (κ1) is 14.5. The van der Waals surface area contributed by atoms with E-state index in [1.165, 1.54) is 18.2 Å². The summed E-state index contributed by atoms with van der Waals surface area (Å²) in [5, 5.41) is 7.04. The minimum absolute atomic E-state index is 0.0992. The Labute approximate surface area is 121 Å². The van der Waals surface area contributed by atoms with Gasteiger partial charge in [-0.25, -0.2) is 4.39 Å². The first-order valence-corrected chi connectivity index (χ1v) is 6.51. The van der Waals surface area contributed by atoms with Crippen molar-refractivity contribution in [2.24, 2.45) is 7.05 Å². The van der Waals surface area contributed by atoms with Gasteiger partial charge in [0.2, 0.25) is 0 Å². The monoisotopic (exact) mass is 295 g/mol. The lowest BCUT2D eigenvalue weighted by atomic mass is 10.1. The van der Waals surface area contributed by atoms with E-state index in [0.717, 1.165) is 17.0 Å². The molecule has 0 saturated carbocycles. The number of hydrogen-bond acceptors (Lipinski definition) is 2. The van der Waals surface area contributed by atoms with Crippen LogP contribution in [0.2, 0.25) is 5.02 Å². The van der Waals surface area contributed by atoms with Crippen LogP contribution in [0.15, 0.2) is 18.2 Å². The third-order valence-corrected chi connectivity index (χ3v) is 3.59. The van der Waals surface area contributed by atoms with E-state index in [1.807, 2.05) is 20.9 Å². The molecule has 20 heavy (non-hydrogen) atoms. The van der Waals surface area contributed by atoms with Crippen LogP contribution in [0.4, 0.5) is 4.39 Å². The van der Waals surface area contributed by atoms with E-state index in [1.54, 1.807) is 4.68 Å². The molecule has 0 aliphatic rings. The molecule has 2 rings (SSSR count). The van der Waals surface area contributed by atoms with Crippen LogP contribution in [-0.4, -0.2) is 15.7 Å². The Morgan fingerprint density at radius 2 is 2.15 bits per heavy atom. The minimum atomic E-state index is -0.630. The molecule has 2 aromatic rings. The topological polar surface area (TPSA) is 46.9 Å². The third-order valence-electron chi connectivity index (χ3n) is 3.27. The molecule has 1 aromatic heterocycles. The SMILES string of the molecule is Cc1nn(C)c(C)c1CNC(=O)c1c(F)cccc1Cl. The molecule has 0 atom stereocenters. The number of halogens is 2. The smallest absolute Gasteiger partial charge is 0.256 e. The molecular formula is C14H15ClFN3O. The van der Waals surface area contributed by atoms with Gasteiger partial charge in [0.05, 0.1) is 16.3 Å². The van der Waals surface area contributed by atoms with Gasteiger partial charge < -0.3 is 5.32 Å². The van der Waals surface area contributed by atoms with Crippen LogP contribution in [-0.2, 0) is 13.6 Å². The normalized spacial score (nSPS) is 10.7. The van der Waals surface area contributed by atoms with Crippen LogP contribution in [0, 0.1) is 19.7 Å². The summed E-state index contributed by atoms with van der Waals surface area (Å²) in [4.78, 5) is 12.0. The highest BCUT2D eigenvalue weighted by molar-refractivity contribution is 6.33. The maximum atomic E-state index is 13.6. The summed E-state index contributed by atoms with van der Waals surface area (Å²) in [6.07, 6.45) is 0. The van der Waals surface area contributed by atoms with Crippen molar-refractivity contribution < 1.29 is 9.18 Å². The van der Waals surface area contributed by atoms with E-state index in [4.69, 9.17) is 11.6 Å². The van der Waals surface area contributed by atoms with Crippen molar-refractivity contribution >= 4 is 17.5 Å². The molecule has 0 bridgehead atoms. The molecule has 106 valence electrons. The van der Waals surface area contributed by atoms with Crippen molar-refractivity contribution in [3.8, 4) is 0 Å². The second kappa shape index (κ2) is 5.63. The van der Waals surface area contributed by atoms with Gasteiger partial charge in [0.1, 0.15) is 5.82 Å². The fraction of sp³-hybridized carbons (Fsp3) is 0.286. The van der Waals surface area contributed by atoms with E-state index >= 15 is 0 Å². The molecule has 0 aliphatic carbocycles. The van der Waals surface area contributed by atoms with Gasteiger partial charge in [0.25, 0.3) is 5.91 Å². The molecule has 4 nitrogen and oxygen atoms in total. The number of carbonyl (C=O) groups excluding carboxylic acids is 1. The van der Waals surface area contributed by atoms with Gasteiger partial charge in [-0.1, -0.05) is 17.7 Å². The molecule has 1 amide bonds. The van der Waals surface area contributed by atoms with Crippen molar-refractivity contribution in [2.75, 3.05) is 0 Å². The Kier molecular flexibility index (Phi) is 4.09. The molecule has 1 N–H and O–H groups in total. The number of rotatable bonds is 3. The van der Waals surface area contributed by atoms with Gasteiger partial charge in [0, 0.05) is 24.8 Å². The highest BCUT2D eigenvalue weighted by Gasteiger charge is 2.17. The van der Waals surface area contributed by atoms with Gasteiger partial charge >= 0.3 is 0 Å². The maximum absolute atomic E-state index is 13.6. The summed E-state index contributed by atoms with van der Waals surface area (Å²) in [6.45, 7) is 4.07. The fourth-order valence-electron chi connectivity index (χ4n) is 2.05. The van der Waals surface area contributed by atoms with E-state index in [9.17, 15) is 9.18 Å². The molecule has 0 radical (unpaired) electrons. The summed E-state index contributed by atoms with van der Waals surface area (Å²) in [6, 6.07) is 4.16. The summed E-state index contributed by atoms with van der Waals surface area (Å²) in [7, 11) is 1.83. The van der Waals surface area contributed by atoms with Gasteiger partial charge in [-0.3, -0.25) is 9.48 Å². The zero-order chi connectivity index (χ0) is 14.9. The summed E-state index contributed by atoms with van der Waals surface area (Å²) >= 11 is 5.86. The van der Waals surface area contributed by atoms with E-state index in [2.05, 4.69) is 10.4 Å². The van der Waals surface area contributed by atoms with E-state index < -0.39 is 11.7 Å². The molecule has 6 heteroatoms. The van der Waals surface area contributed by atoms with Crippen LogP contribution in [0.25, 0.3) is 0 Å². The third kappa shape index (κ3) is 2.67. The van der Waals surface area contributed by atoms with Gasteiger partial charge in [-0.15, -0.1) is 0 Å². The molecule has 0 unspecified atom stereocenters. The molecule has 1 heterocycles. The number of amides is 1. The molecule has 0 aliphatic heterocycles. The molecule has 0 fully saturated rings. The molecular weight excluding hydrogens is 281 g/mol. The summed E-state index contributed by atoms with van der Waals surface area (Å²) < 4.78 is 15.4. The summed E-state index contributed by atoms with van der Waals surface area (Å²) in [5.74, 6) is -1.16. The molecule has 0 spiro atoms. The predicted octanol–water partition coefficient (Wildman–Crippen LogP) is 2.76. The largest absolute Gasteiger partial charge is 0.348 e. The molecule has 1 aromatic carbocycles. The zero-order valence-corrected chi connectivity index (χ0v) is 12.3. The Balaban J connectivity index is 2.17. The van der Waals surface area contributed by atoms with E-state index in [0.29, 0.717) is 0 Å². The van der Waals surface area contributed by atoms with Gasteiger partial charge in [-0.2, -0.15) is 5.10 Å². The Bertz CT molecular complexity index is 646. The number of aryl methyl sites for hydroxylation is 2. The van der Waals surface area contributed by atoms with Crippen molar-refractivity contribution in [2.45, 2.75) is 20.4 Å². The molecule has 0 saturated heterocycles. The number of nitrogens with one attached hydrogen (secondary N) is 1. The Morgan fingerprint density at radius 3 is 2.70 bits per heavy atom. The fourth-order valence-corrected chi connectivity index (χ4v) is 2.29. The number of aromatic nitrogens is 2. The Morgan fingerprint density at radius 1 is 1.45 bits per heavy atom. The van der Waals surface area contributed by atoms with Gasteiger partial charge in [-0.05, 0) is 26.0 Å². The van der Waals surface area contributed by atoms with Crippen LogP contribution in [0.3, 0.4) is 0 Å². The highest BCUT2D eigenvalue weighted by atomic mass is 35.5. The van der Waals surface area contributed by atoms with Crippen molar-refractivity contribution in [1.29, 1.82) is 0 Å². The number of nitrogens with zero attached hydrogens (tertiary/aromatic N) is 2. The van der Waals surface area contributed by atoms with Gasteiger partial charge in [0.15, 0.2) is 0 Å². The number of benzene rings is 1. The van der Waals surface area contributed by atoms with Crippen LogP contribution in [0.1, 0.15) is 27.3 Å². The van der Waals surface area contributed by atoms with Crippen molar-refractivity contribution in [3.05, 3.63) is 51.6 Å². The number of hydrogen-bond donors (Lipinski definition) is 1. The predicted molar refractivity (Wildman–Crippen MR) is 75.3 cm³/mol. The average Bonchev–Trinajstić information content (AvgIpc) is 2.61. The first-order valence-electron chi connectivity index (χ1n) is 6.13. The lowest BCUT2D eigenvalue weighted by Gasteiger charge is -2.08. The van der Waals surface area contributed by atoms with Crippen molar-refractivity contribution in [1.82, 2.24) is 15.1 Å². The second-order valence-electron chi connectivity index (χ2n) is 4.55. The Hall–Kier alpha value is -1.88. The average molecular weight is 296 g/mol. The summed E-state index contributed by atoms with van der Waals surface area (Å²) in [5.41, 5.74) is 2.59. The number of carbonyl (C=O) groups is 1. The van der Waals surface area contributed by atoms with Crippen LogP contribution >= 0.6 is 11.6 Å². The minimum Gasteiger partial charge on any atom is -0.348 e.